The lowest BCUT2D eigenvalue weighted by Gasteiger charge is -2.08. The van der Waals surface area contributed by atoms with Crippen molar-refractivity contribution in [2.45, 2.75) is 11.3 Å². The second-order valence-corrected chi connectivity index (χ2v) is 5.84. The van der Waals surface area contributed by atoms with Crippen LogP contribution in [0.3, 0.4) is 0 Å². The van der Waals surface area contributed by atoms with Gasteiger partial charge in [0.05, 0.1) is 24.5 Å². The molecule has 0 saturated heterocycles. The zero-order valence-electron chi connectivity index (χ0n) is 10.8. The van der Waals surface area contributed by atoms with Crippen LogP contribution in [0.2, 0.25) is 0 Å². The number of halogens is 1. The third kappa shape index (κ3) is 3.37. The van der Waals surface area contributed by atoms with Crippen molar-refractivity contribution in [2.24, 2.45) is 0 Å². The molecule has 1 aromatic heterocycles. The number of hydrogen-bond acceptors (Lipinski definition) is 4. The van der Waals surface area contributed by atoms with Crippen LogP contribution in [0, 0.1) is 5.82 Å². The summed E-state index contributed by atoms with van der Waals surface area (Å²) in [5.41, 5.74) is 0.883. The Kier molecular flexibility index (Phi) is 4.41. The van der Waals surface area contributed by atoms with Gasteiger partial charge in [0.15, 0.2) is 11.6 Å². The molecule has 1 N–H and O–H groups in total. The molecule has 0 aliphatic carbocycles. The fraction of sp³-hybridized carbons (Fsp3) is 0.231. The van der Waals surface area contributed by atoms with Gasteiger partial charge in [-0.3, -0.25) is 0 Å². The van der Waals surface area contributed by atoms with E-state index in [-0.39, 0.29) is 17.2 Å². The van der Waals surface area contributed by atoms with E-state index >= 15 is 0 Å². The molecule has 2 rings (SSSR count). The van der Waals surface area contributed by atoms with Gasteiger partial charge in [0.25, 0.3) is 0 Å². The predicted molar refractivity (Wildman–Crippen MR) is 70.6 cm³/mol. The third-order valence-electron chi connectivity index (χ3n) is 2.72. The molecule has 5 nitrogen and oxygen atoms in total. The number of nitrogens with one attached hydrogen (secondary N) is 1. The van der Waals surface area contributed by atoms with Crippen molar-refractivity contribution in [3.63, 3.8) is 0 Å². The Hall–Kier alpha value is -1.86. The molecule has 2 aromatic rings. The first-order valence-electron chi connectivity index (χ1n) is 5.87. The van der Waals surface area contributed by atoms with Gasteiger partial charge >= 0.3 is 0 Å². The Labute approximate surface area is 116 Å². The third-order valence-corrected chi connectivity index (χ3v) is 4.18. The van der Waals surface area contributed by atoms with E-state index in [4.69, 9.17) is 9.15 Å². The van der Waals surface area contributed by atoms with E-state index < -0.39 is 15.8 Å². The van der Waals surface area contributed by atoms with Crippen molar-refractivity contribution in [1.29, 1.82) is 0 Å². The first-order chi connectivity index (χ1) is 9.53. The average Bonchev–Trinajstić information content (AvgIpc) is 2.91. The molecule has 0 bridgehead atoms. The van der Waals surface area contributed by atoms with Crippen LogP contribution in [0.25, 0.3) is 0 Å². The highest BCUT2D eigenvalue weighted by atomic mass is 32.2. The summed E-state index contributed by atoms with van der Waals surface area (Å²) in [7, 11) is -2.42. The van der Waals surface area contributed by atoms with Gasteiger partial charge in [0, 0.05) is 6.54 Å². The molecule has 0 radical (unpaired) electrons. The van der Waals surface area contributed by atoms with Crippen molar-refractivity contribution in [2.75, 3.05) is 13.7 Å². The Balaban J connectivity index is 2.04. The van der Waals surface area contributed by atoms with E-state index in [1.807, 2.05) is 0 Å². The average molecular weight is 299 g/mol. The molecule has 1 heterocycles. The fourth-order valence-electron chi connectivity index (χ4n) is 1.66. The molecule has 108 valence electrons. The van der Waals surface area contributed by atoms with Crippen LogP contribution in [-0.2, 0) is 16.4 Å². The molecular weight excluding hydrogens is 285 g/mol. The Bertz CT molecular complexity index is 668. The summed E-state index contributed by atoms with van der Waals surface area (Å²) >= 11 is 0. The van der Waals surface area contributed by atoms with Crippen molar-refractivity contribution >= 4 is 10.0 Å². The summed E-state index contributed by atoms with van der Waals surface area (Å²) in [5.74, 6) is -0.715. The smallest absolute Gasteiger partial charge is 0.240 e. The minimum absolute atomic E-state index is 0.00217. The van der Waals surface area contributed by atoms with Gasteiger partial charge in [-0.2, -0.15) is 0 Å². The van der Waals surface area contributed by atoms with Crippen LogP contribution in [0.15, 0.2) is 46.1 Å². The van der Waals surface area contributed by atoms with Gasteiger partial charge in [0.2, 0.25) is 10.0 Å². The lowest BCUT2D eigenvalue weighted by molar-refractivity contribution is 0.385. The molecule has 0 spiro atoms. The molecule has 0 aliphatic rings. The maximum atomic E-state index is 13.5. The maximum Gasteiger partial charge on any atom is 0.240 e. The second kappa shape index (κ2) is 6.06. The SMILES string of the molecule is COc1ccc(S(=O)(=O)NCCc2ccoc2)cc1F. The maximum absolute atomic E-state index is 13.5. The van der Waals surface area contributed by atoms with Crippen LogP contribution < -0.4 is 9.46 Å². The van der Waals surface area contributed by atoms with Crippen LogP contribution in [-0.4, -0.2) is 22.1 Å². The minimum Gasteiger partial charge on any atom is -0.494 e. The highest BCUT2D eigenvalue weighted by Gasteiger charge is 2.16. The molecule has 0 saturated carbocycles. The quantitative estimate of drug-likeness (QED) is 0.885. The van der Waals surface area contributed by atoms with Gasteiger partial charge in [-0.15, -0.1) is 0 Å². The van der Waals surface area contributed by atoms with Crippen molar-refractivity contribution in [3.8, 4) is 5.75 Å². The van der Waals surface area contributed by atoms with Gasteiger partial charge in [-0.25, -0.2) is 17.5 Å². The molecule has 20 heavy (non-hydrogen) atoms. The zero-order valence-corrected chi connectivity index (χ0v) is 11.6. The highest BCUT2D eigenvalue weighted by Crippen LogP contribution is 2.20. The van der Waals surface area contributed by atoms with E-state index in [0.717, 1.165) is 11.6 Å². The highest BCUT2D eigenvalue weighted by molar-refractivity contribution is 7.89. The monoisotopic (exact) mass is 299 g/mol. The molecule has 1 aromatic carbocycles. The lowest BCUT2D eigenvalue weighted by atomic mass is 10.2. The molecule has 0 atom stereocenters. The molecule has 0 fully saturated rings. The van der Waals surface area contributed by atoms with E-state index in [2.05, 4.69) is 4.72 Å². The van der Waals surface area contributed by atoms with E-state index in [1.165, 1.54) is 25.5 Å². The molecule has 0 unspecified atom stereocenters. The van der Waals surface area contributed by atoms with Gasteiger partial charge < -0.3 is 9.15 Å². The van der Waals surface area contributed by atoms with E-state index in [1.54, 1.807) is 12.3 Å². The number of hydrogen-bond donors (Lipinski definition) is 1. The Morgan fingerprint density at radius 2 is 2.15 bits per heavy atom. The van der Waals surface area contributed by atoms with Crippen LogP contribution >= 0.6 is 0 Å². The Morgan fingerprint density at radius 1 is 1.35 bits per heavy atom. The number of rotatable bonds is 6. The minimum atomic E-state index is -3.74. The number of methoxy groups -OCH3 is 1. The van der Waals surface area contributed by atoms with Crippen LogP contribution in [0.4, 0.5) is 4.39 Å². The summed E-state index contributed by atoms with van der Waals surface area (Å²) in [6.45, 7) is 0.204. The first kappa shape index (κ1) is 14.5. The summed E-state index contributed by atoms with van der Waals surface area (Å²) in [5, 5.41) is 0. The van der Waals surface area contributed by atoms with Crippen LogP contribution in [0.5, 0.6) is 5.75 Å². The first-order valence-corrected chi connectivity index (χ1v) is 7.35. The lowest BCUT2D eigenvalue weighted by Crippen LogP contribution is -2.26. The largest absolute Gasteiger partial charge is 0.494 e. The fourth-order valence-corrected chi connectivity index (χ4v) is 2.71. The van der Waals surface area contributed by atoms with Gasteiger partial charge in [-0.1, -0.05) is 0 Å². The standard InChI is InChI=1S/C13H14FNO4S/c1-18-13-3-2-11(8-12(13)14)20(16,17)15-6-4-10-5-7-19-9-10/h2-3,5,7-9,15H,4,6H2,1H3. The summed E-state index contributed by atoms with van der Waals surface area (Å²) in [6.07, 6.45) is 3.55. The number of ether oxygens (including phenoxy) is 1. The van der Waals surface area contributed by atoms with E-state index in [9.17, 15) is 12.8 Å². The second-order valence-electron chi connectivity index (χ2n) is 4.08. The zero-order chi connectivity index (χ0) is 14.6. The molecular formula is C13H14FNO4S. The summed E-state index contributed by atoms with van der Waals surface area (Å²) in [4.78, 5) is -0.136. The number of sulfonamides is 1. The van der Waals surface area contributed by atoms with E-state index in [0.29, 0.717) is 6.42 Å². The van der Waals surface area contributed by atoms with Crippen LogP contribution in [0.1, 0.15) is 5.56 Å². The summed E-state index contributed by atoms with van der Waals surface area (Å²) in [6, 6.07) is 5.25. The summed E-state index contributed by atoms with van der Waals surface area (Å²) < 4.78 is 49.5. The number of furan rings is 1. The molecule has 0 aliphatic heterocycles. The topological polar surface area (TPSA) is 68.5 Å². The molecule has 7 heteroatoms. The predicted octanol–water partition coefficient (Wildman–Crippen LogP) is 1.95. The van der Waals surface area contributed by atoms with Gasteiger partial charge in [0.1, 0.15) is 0 Å². The normalized spacial score (nSPS) is 11.5. The van der Waals surface area contributed by atoms with Crippen molar-refractivity contribution in [1.82, 2.24) is 4.72 Å². The van der Waals surface area contributed by atoms with Crippen molar-refractivity contribution < 1.29 is 22.0 Å². The number of benzene rings is 1. The van der Waals surface area contributed by atoms with Crippen molar-refractivity contribution in [3.05, 3.63) is 48.2 Å². The van der Waals surface area contributed by atoms with Gasteiger partial charge in [-0.05, 0) is 36.2 Å². The molecule has 0 amide bonds. The Morgan fingerprint density at radius 3 is 2.75 bits per heavy atom.